The molecule has 1 nitrogen and oxygen atoms in total. The van der Waals surface area contributed by atoms with Gasteiger partial charge in [-0.2, -0.15) is 0 Å². The first kappa shape index (κ1) is 9.32. The van der Waals surface area contributed by atoms with E-state index in [-0.39, 0.29) is 0 Å². The van der Waals surface area contributed by atoms with Gasteiger partial charge in [-0.05, 0) is 37.0 Å². The highest BCUT2D eigenvalue weighted by Crippen LogP contribution is 2.24. The number of rotatable bonds is 3. The summed E-state index contributed by atoms with van der Waals surface area (Å²) in [4.78, 5) is 3.27. The lowest BCUT2D eigenvalue weighted by Gasteiger charge is -2.14. The van der Waals surface area contributed by atoms with Gasteiger partial charge in [0.25, 0.3) is 0 Å². The largest absolute Gasteiger partial charge is 0.365 e. The minimum absolute atomic E-state index is 1.10. The van der Waals surface area contributed by atoms with E-state index in [4.69, 9.17) is 0 Å². The molecule has 1 aliphatic carbocycles. The van der Waals surface area contributed by atoms with Crippen LogP contribution in [-0.4, -0.2) is 4.98 Å². The number of nitrogens with one attached hydrogen (secondary N) is 1. The van der Waals surface area contributed by atoms with Gasteiger partial charge in [0.15, 0.2) is 0 Å². The minimum atomic E-state index is 1.10. The fourth-order valence-corrected chi connectivity index (χ4v) is 2.04. The summed E-state index contributed by atoms with van der Waals surface area (Å²) >= 11 is 0. The molecule has 0 atom stereocenters. The lowest BCUT2D eigenvalue weighted by molar-refractivity contribution is 0.859. The second kappa shape index (κ2) is 4.32. The van der Waals surface area contributed by atoms with Crippen molar-refractivity contribution < 1.29 is 0 Å². The van der Waals surface area contributed by atoms with Gasteiger partial charge in [-0.15, -0.1) is 0 Å². The van der Waals surface area contributed by atoms with Crippen LogP contribution < -0.4 is 0 Å². The Morgan fingerprint density at radius 2 is 2.36 bits per heavy atom. The van der Waals surface area contributed by atoms with E-state index >= 15 is 0 Å². The van der Waals surface area contributed by atoms with Crippen molar-refractivity contribution in [2.75, 3.05) is 0 Å². The molecule has 74 valence electrons. The number of allylic oxidation sites excluding steroid dienone is 4. The molecule has 14 heavy (non-hydrogen) atoms. The molecule has 0 saturated carbocycles. The zero-order valence-electron chi connectivity index (χ0n) is 8.72. The Morgan fingerprint density at radius 3 is 3.07 bits per heavy atom. The van der Waals surface area contributed by atoms with Crippen molar-refractivity contribution >= 4 is 0 Å². The molecule has 1 N–H and O–H groups in total. The maximum atomic E-state index is 3.27. The van der Waals surface area contributed by atoms with Crippen LogP contribution in [0.25, 0.3) is 0 Å². The maximum Gasteiger partial charge on any atom is 0.0188 e. The van der Waals surface area contributed by atoms with Gasteiger partial charge in [-0.1, -0.05) is 24.6 Å². The Morgan fingerprint density at radius 1 is 1.43 bits per heavy atom. The molecule has 1 heteroatoms. The Balaban J connectivity index is 2.16. The van der Waals surface area contributed by atoms with Gasteiger partial charge in [0.2, 0.25) is 0 Å². The highest BCUT2D eigenvalue weighted by molar-refractivity contribution is 5.32. The summed E-state index contributed by atoms with van der Waals surface area (Å²) in [7, 11) is 0. The Bertz CT molecular complexity index is 341. The lowest BCUT2D eigenvalue weighted by atomic mass is 9.93. The molecule has 0 unspecified atom stereocenters. The third kappa shape index (κ3) is 1.98. The summed E-state index contributed by atoms with van der Waals surface area (Å²) in [5.74, 6) is 0. The van der Waals surface area contributed by atoms with E-state index < -0.39 is 0 Å². The van der Waals surface area contributed by atoms with Crippen molar-refractivity contribution in [2.45, 2.75) is 32.6 Å². The van der Waals surface area contributed by atoms with E-state index in [0.717, 1.165) is 12.8 Å². The zero-order chi connectivity index (χ0) is 9.80. The third-order valence-corrected chi connectivity index (χ3v) is 2.83. The van der Waals surface area contributed by atoms with Gasteiger partial charge in [-0.3, -0.25) is 0 Å². The van der Waals surface area contributed by atoms with Gasteiger partial charge in [0, 0.05) is 18.3 Å². The van der Waals surface area contributed by atoms with E-state index in [9.17, 15) is 0 Å². The molecule has 0 spiro atoms. The molecule has 0 fully saturated rings. The normalized spacial score (nSPS) is 16.4. The molecule has 1 aromatic rings. The Hall–Kier alpha value is -1.24. The molecule has 0 aliphatic heterocycles. The van der Waals surface area contributed by atoms with Gasteiger partial charge < -0.3 is 4.98 Å². The number of aromatic amines is 1. The minimum Gasteiger partial charge on any atom is -0.365 e. The summed E-state index contributed by atoms with van der Waals surface area (Å²) in [6.07, 6.45) is 11.3. The van der Waals surface area contributed by atoms with E-state index in [1.54, 1.807) is 5.57 Å². The average molecular weight is 187 g/mol. The molecule has 1 heterocycles. The second-order valence-electron chi connectivity index (χ2n) is 3.80. The number of H-pyrrole nitrogens is 1. The second-order valence-corrected chi connectivity index (χ2v) is 3.80. The molecule has 0 bridgehead atoms. The van der Waals surface area contributed by atoms with Crippen LogP contribution in [-0.2, 0) is 6.42 Å². The smallest absolute Gasteiger partial charge is 0.0188 e. The van der Waals surface area contributed by atoms with E-state index in [2.05, 4.69) is 36.2 Å². The van der Waals surface area contributed by atoms with Crippen LogP contribution in [0.15, 0.2) is 41.6 Å². The summed E-state index contributed by atoms with van der Waals surface area (Å²) in [6.45, 7) is 2.24. The average Bonchev–Trinajstić information content (AvgIpc) is 2.71. The van der Waals surface area contributed by atoms with E-state index in [0.29, 0.717) is 0 Å². The highest BCUT2D eigenvalue weighted by atomic mass is 14.7. The molecule has 0 aromatic carbocycles. The topological polar surface area (TPSA) is 15.8 Å². The Labute approximate surface area is 85.5 Å². The van der Waals surface area contributed by atoms with Gasteiger partial charge in [0.1, 0.15) is 0 Å². The predicted octanol–water partition coefficient (Wildman–Crippen LogP) is 3.61. The van der Waals surface area contributed by atoms with Gasteiger partial charge >= 0.3 is 0 Å². The van der Waals surface area contributed by atoms with Gasteiger partial charge in [0.05, 0.1) is 0 Å². The van der Waals surface area contributed by atoms with Crippen molar-refractivity contribution in [1.82, 2.24) is 4.98 Å². The van der Waals surface area contributed by atoms with Gasteiger partial charge in [-0.25, -0.2) is 0 Å². The molecular weight excluding hydrogens is 170 g/mol. The first-order valence-electron chi connectivity index (χ1n) is 5.40. The number of aromatic nitrogens is 1. The van der Waals surface area contributed by atoms with Crippen LogP contribution in [0.3, 0.4) is 0 Å². The molecule has 1 aliphatic rings. The van der Waals surface area contributed by atoms with Crippen molar-refractivity contribution in [3.63, 3.8) is 0 Å². The number of hydrogen-bond acceptors (Lipinski definition) is 0. The molecule has 2 rings (SSSR count). The lowest BCUT2D eigenvalue weighted by Crippen LogP contribution is -1.98. The van der Waals surface area contributed by atoms with Crippen molar-refractivity contribution in [1.29, 1.82) is 0 Å². The molecule has 0 amide bonds. The molecule has 0 saturated heterocycles. The fourth-order valence-electron chi connectivity index (χ4n) is 2.04. The maximum absolute atomic E-state index is 3.27. The summed E-state index contributed by atoms with van der Waals surface area (Å²) < 4.78 is 0. The van der Waals surface area contributed by atoms with E-state index in [1.807, 2.05) is 6.20 Å². The SMILES string of the molecule is CCC1=C(Cc2ccc[nH]2)CCC=C1. The molecular formula is C13H17N. The standard InChI is InChI=1S/C13H17N/c1-2-11-6-3-4-7-12(11)10-13-8-5-9-14-13/h3,5-6,8-9,14H,2,4,7,10H2,1H3. The number of hydrogen-bond donors (Lipinski definition) is 1. The zero-order valence-corrected chi connectivity index (χ0v) is 8.72. The monoisotopic (exact) mass is 187 g/mol. The van der Waals surface area contributed by atoms with Crippen LogP contribution in [0.1, 0.15) is 31.9 Å². The van der Waals surface area contributed by atoms with Crippen LogP contribution in [0.5, 0.6) is 0 Å². The highest BCUT2D eigenvalue weighted by Gasteiger charge is 2.07. The molecule has 0 radical (unpaired) electrons. The third-order valence-electron chi connectivity index (χ3n) is 2.83. The van der Waals surface area contributed by atoms with E-state index in [1.165, 1.54) is 24.1 Å². The van der Waals surface area contributed by atoms with Crippen molar-refractivity contribution in [2.24, 2.45) is 0 Å². The molecule has 1 aromatic heterocycles. The summed E-state index contributed by atoms with van der Waals surface area (Å²) in [6, 6.07) is 4.23. The summed E-state index contributed by atoms with van der Waals surface area (Å²) in [5, 5.41) is 0. The quantitative estimate of drug-likeness (QED) is 0.744. The Kier molecular flexibility index (Phi) is 2.87. The van der Waals surface area contributed by atoms with Crippen LogP contribution in [0, 0.1) is 0 Å². The van der Waals surface area contributed by atoms with Crippen molar-refractivity contribution in [3.05, 3.63) is 47.3 Å². The van der Waals surface area contributed by atoms with Crippen LogP contribution in [0.2, 0.25) is 0 Å². The summed E-state index contributed by atoms with van der Waals surface area (Å²) in [5.41, 5.74) is 4.48. The first-order chi connectivity index (χ1) is 6.90. The predicted molar refractivity (Wildman–Crippen MR) is 60.2 cm³/mol. The van der Waals surface area contributed by atoms with Crippen molar-refractivity contribution in [3.8, 4) is 0 Å². The first-order valence-corrected chi connectivity index (χ1v) is 5.40. The fraction of sp³-hybridized carbons (Fsp3) is 0.385. The van der Waals surface area contributed by atoms with Crippen LogP contribution in [0.4, 0.5) is 0 Å². The van der Waals surface area contributed by atoms with Crippen LogP contribution >= 0.6 is 0 Å².